The monoisotopic (exact) mass is 401 g/mol. The van der Waals surface area contributed by atoms with Crippen molar-refractivity contribution in [3.05, 3.63) is 65.2 Å². The molecule has 0 fully saturated rings. The normalized spacial score (nSPS) is 18.3. The summed E-state index contributed by atoms with van der Waals surface area (Å²) in [4.78, 5) is 10.1. The highest BCUT2D eigenvalue weighted by Crippen LogP contribution is 2.43. The molecule has 0 aliphatic heterocycles. The van der Waals surface area contributed by atoms with E-state index in [4.69, 9.17) is 0 Å². The van der Waals surface area contributed by atoms with Gasteiger partial charge in [0.25, 0.3) is 5.92 Å². The lowest BCUT2D eigenvalue weighted by molar-refractivity contribution is -0.0398. The van der Waals surface area contributed by atoms with Gasteiger partial charge in [-0.25, -0.2) is 18.2 Å². The number of nitrogens with one attached hydrogen (secondary N) is 1. The fourth-order valence-corrected chi connectivity index (χ4v) is 4.28. The van der Waals surface area contributed by atoms with Gasteiger partial charge in [0.15, 0.2) is 0 Å². The van der Waals surface area contributed by atoms with Gasteiger partial charge >= 0.3 is 0 Å². The van der Waals surface area contributed by atoms with Crippen molar-refractivity contribution in [3.63, 3.8) is 0 Å². The number of hydrogen-bond acceptors (Lipinski definition) is 2. The minimum atomic E-state index is -2.94. The van der Waals surface area contributed by atoms with E-state index in [-0.39, 0.29) is 17.9 Å². The third-order valence-corrected chi connectivity index (χ3v) is 5.83. The molecule has 29 heavy (non-hydrogen) atoms. The number of aromatic nitrogens is 2. The van der Waals surface area contributed by atoms with Crippen LogP contribution in [0.1, 0.15) is 36.2 Å². The highest BCUT2D eigenvalue weighted by atomic mass is 19.3. The summed E-state index contributed by atoms with van der Waals surface area (Å²) in [6.45, 7) is 1.67. The maximum Gasteiger partial charge on any atom is 0.273 e. The first-order chi connectivity index (χ1) is 13.9. The van der Waals surface area contributed by atoms with Crippen molar-refractivity contribution in [1.82, 2.24) is 14.9 Å². The summed E-state index contributed by atoms with van der Waals surface area (Å²) in [7, 11) is 2.03. The predicted molar refractivity (Wildman–Crippen MR) is 109 cm³/mol. The van der Waals surface area contributed by atoms with Crippen LogP contribution in [0.4, 0.5) is 13.2 Å². The second-order valence-electron chi connectivity index (χ2n) is 8.18. The molecule has 1 N–H and O–H groups in total. The van der Waals surface area contributed by atoms with Gasteiger partial charge in [0.1, 0.15) is 11.6 Å². The molecule has 6 heteroatoms. The first-order valence-electron chi connectivity index (χ1n) is 10.2. The van der Waals surface area contributed by atoms with Crippen molar-refractivity contribution in [3.8, 4) is 0 Å². The number of fused-ring (bicyclic) bond motifs is 2. The molecule has 3 aromatic rings. The molecule has 2 aromatic carbocycles. The number of H-pyrrole nitrogens is 1. The van der Waals surface area contributed by atoms with Gasteiger partial charge in [-0.1, -0.05) is 18.2 Å². The van der Waals surface area contributed by atoms with E-state index >= 15 is 0 Å². The van der Waals surface area contributed by atoms with E-state index in [1.54, 1.807) is 0 Å². The molecule has 1 aromatic heterocycles. The Hall–Kier alpha value is -2.34. The van der Waals surface area contributed by atoms with Crippen LogP contribution in [0.25, 0.3) is 11.0 Å². The molecule has 154 valence electrons. The summed E-state index contributed by atoms with van der Waals surface area (Å²) in [6, 6.07) is 11.8. The molecular weight excluding hydrogens is 375 g/mol. The van der Waals surface area contributed by atoms with Crippen molar-refractivity contribution in [2.45, 2.75) is 38.0 Å². The molecule has 0 saturated heterocycles. The van der Waals surface area contributed by atoms with Gasteiger partial charge in [-0.05, 0) is 75.1 Å². The van der Waals surface area contributed by atoms with Crippen LogP contribution in [0.15, 0.2) is 42.5 Å². The van der Waals surface area contributed by atoms with E-state index in [1.807, 2.05) is 31.3 Å². The van der Waals surface area contributed by atoms with E-state index in [2.05, 4.69) is 14.9 Å². The van der Waals surface area contributed by atoms with Crippen LogP contribution < -0.4 is 0 Å². The SMILES string of the molecule is CN(CCCc1nc2ccccc2[nH]1)CCC1Cc2ccc(F)cc2C(F)(F)C1. The van der Waals surface area contributed by atoms with Crippen molar-refractivity contribution in [2.24, 2.45) is 5.92 Å². The molecular formula is C23H26F3N3. The van der Waals surface area contributed by atoms with E-state index in [1.165, 1.54) is 12.1 Å². The van der Waals surface area contributed by atoms with Gasteiger partial charge in [-0.2, -0.15) is 0 Å². The predicted octanol–water partition coefficient (Wildman–Crippen LogP) is 5.31. The van der Waals surface area contributed by atoms with E-state index < -0.39 is 11.7 Å². The summed E-state index contributed by atoms with van der Waals surface area (Å²) in [5.41, 5.74) is 2.48. The number of para-hydroxylation sites is 2. The highest BCUT2D eigenvalue weighted by molar-refractivity contribution is 5.74. The van der Waals surface area contributed by atoms with Crippen LogP contribution in [0.3, 0.4) is 0 Å². The lowest BCUT2D eigenvalue weighted by Crippen LogP contribution is -2.31. The molecule has 4 rings (SSSR count). The third kappa shape index (κ3) is 4.64. The minimum absolute atomic E-state index is 0.0826. The Bertz CT molecular complexity index is 949. The molecule has 0 saturated carbocycles. The quantitative estimate of drug-likeness (QED) is 0.582. The second kappa shape index (κ2) is 8.19. The fraction of sp³-hybridized carbons (Fsp3) is 0.435. The van der Waals surface area contributed by atoms with Crippen LogP contribution >= 0.6 is 0 Å². The van der Waals surface area contributed by atoms with Gasteiger partial charge in [0.2, 0.25) is 0 Å². The number of alkyl halides is 2. The first kappa shape index (κ1) is 20.0. The van der Waals surface area contributed by atoms with E-state index in [0.29, 0.717) is 18.4 Å². The van der Waals surface area contributed by atoms with Crippen molar-refractivity contribution in [1.29, 1.82) is 0 Å². The van der Waals surface area contributed by atoms with Crippen LogP contribution in [0, 0.1) is 11.7 Å². The zero-order valence-electron chi connectivity index (χ0n) is 16.6. The number of aryl methyl sites for hydroxylation is 1. The maximum absolute atomic E-state index is 14.4. The zero-order valence-corrected chi connectivity index (χ0v) is 16.6. The largest absolute Gasteiger partial charge is 0.342 e. The maximum atomic E-state index is 14.4. The molecule has 0 amide bonds. The highest BCUT2D eigenvalue weighted by Gasteiger charge is 2.41. The molecule has 3 nitrogen and oxygen atoms in total. The molecule has 0 spiro atoms. The number of benzene rings is 2. The molecule has 1 aliphatic rings. The molecule has 1 atom stereocenters. The minimum Gasteiger partial charge on any atom is -0.342 e. The standard InChI is InChI=1S/C23H26F3N3/c1-29(11-4-7-22-27-20-5-2-3-6-21(20)28-22)12-10-16-13-17-8-9-18(24)14-19(17)23(25,26)15-16/h2-3,5-6,8-9,14,16H,4,7,10-13,15H2,1H3,(H,27,28). The number of hydrogen-bond donors (Lipinski definition) is 1. The molecule has 0 bridgehead atoms. The summed E-state index contributed by atoms with van der Waals surface area (Å²) in [5.74, 6) is -2.64. The zero-order chi connectivity index (χ0) is 20.4. The Kier molecular flexibility index (Phi) is 5.63. The average molecular weight is 401 g/mol. The molecule has 1 aliphatic carbocycles. The summed E-state index contributed by atoms with van der Waals surface area (Å²) < 4.78 is 42.2. The Balaban J connectivity index is 1.25. The van der Waals surface area contributed by atoms with Gasteiger partial charge in [0.05, 0.1) is 11.0 Å². The van der Waals surface area contributed by atoms with Gasteiger partial charge in [0, 0.05) is 18.4 Å². The van der Waals surface area contributed by atoms with Gasteiger partial charge in [-0.15, -0.1) is 0 Å². The van der Waals surface area contributed by atoms with E-state index in [0.717, 1.165) is 48.9 Å². The van der Waals surface area contributed by atoms with Crippen LogP contribution in [-0.4, -0.2) is 35.0 Å². The molecule has 1 heterocycles. The lowest BCUT2D eigenvalue weighted by Gasteiger charge is -2.32. The van der Waals surface area contributed by atoms with Crippen LogP contribution in [0.2, 0.25) is 0 Å². The van der Waals surface area contributed by atoms with Crippen molar-refractivity contribution < 1.29 is 13.2 Å². The smallest absolute Gasteiger partial charge is 0.273 e. The number of rotatable bonds is 7. The second-order valence-corrected chi connectivity index (χ2v) is 8.18. The van der Waals surface area contributed by atoms with Crippen LogP contribution in [0.5, 0.6) is 0 Å². The molecule has 1 unspecified atom stereocenters. The van der Waals surface area contributed by atoms with Crippen molar-refractivity contribution >= 4 is 11.0 Å². The average Bonchev–Trinajstić information content (AvgIpc) is 3.09. The Morgan fingerprint density at radius 1 is 1.17 bits per heavy atom. The summed E-state index contributed by atoms with van der Waals surface area (Å²) in [6.07, 6.45) is 2.93. The fourth-order valence-electron chi connectivity index (χ4n) is 4.28. The van der Waals surface area contributed by atoms with Crippen LogP contribution in [-0.2, 0) is 18.8 Å². The lowest BCUT2D eigenvalue weighted by atomic mass is 9.80. The number of halogens is 3. The summed E-state index contributed by atoms with van der Waals surface area (Å²) in [5, 5.41) is 0. The van der Waals surface area contributed by atoms with E-state index in [9.17, 15) is 13.2 Å². The van der Waals surface area contributed by atoms with Gasteiger partial charge in [-0.3, -0.25) is 0 Å². The topological polar surface area (TPSA) is 31.9 Å². The molecule has 0 radical (unpaired) electrons. The van der Waals surface area contributed by atoms with Gasteiger partial charge < -0.3 is 9.88 Å². The number of nitrogens with zero attached hydrogens (tertiary/aromatic N) is 2. The van der Waals surface area contributed by atoms with Crippen molar-refractivity contribution in [2.75, 3.05) is 20.1 Å². The number of aromatic amines is 1. The Morgan fingerprint density at radius 2 is 2.00 bits per heavy atom. The first-order valence-corrected chi connectivity index (χ1v) is 10.2. The Labute approximate surface area is 168 Å². The Morgan fingerprint density at radius 3 is 2.83 bits per heavy atom. The summed E-state index contributed by atoms with van der Waals surface area (Å²) >= 11 is 0. The number of imidazole rings is 1. The third-order valence-electron chi connectivity index (χ3n) is 5.83.